The van der Waals surface area contributed by atoms with E-state index in [9.17, 15) is 34.5 Å². The third-order valence-electron chi connectivity index (χ3n) is 9.05. The molecule has 1 heterocycles. The number of nitrogens with zero attached hydrogens (tertiary/aromatic N) is 4. The maximum Gasteiger partial charge on any atom is 0.317 e. The fourth-order valence-electron chi connectivity index (χ4n) is 6.06. The molecule has 0 aliphatic carbocycles. The Morgan fingerprint density at radius 2 is 0.948 bits per heavy atom. The van der Waals surface area contributed by atoms with Gasteiger partial charge in [0.1, 0.15) is 0 Å². The number of hydrogen-bond acceptors (Lipinski definition) is 15. The van der Waals surface area contributed by atoms with Crippen molar-refractivity contribution >= 4 is 35.2 Å². The molecule has 2 rings (SSSR count). The molecule has 58 heavy (non-hydrogen) atoms. The summed E-state index contributed by atoms with van der Waals surface area (Å²) >= 11 is 0. The molecule has 19 heteroatoms. The van der Waals surface area contributed by atoms with Gasteiger partial charge in [-0.1, -0.05) is 13.8 Å². The Morgan fingerprint density at radius 3 is 1.33 bits per heavy atom. The number of carbonyl (C=O) groups is 4. The van der Waals surface area contributed by atoms with Crippen molar-refractivity contribution in [1.82, 2.24) is 24.9 Å². The Balaban J connectivity index is 1.51. The van der Waals surface area contributed by atoms with Crippen molar-refractivity contribution in [2.75, 3.05) is 175 Å². The molecule has 0 radical (unpaired) electrons. The van der Waals surface area contributed by atoms with Crippen LogP contribution >= 0.6 is 0 Å². The van der Waals surface area contributed by atoms with Crippen LogP contribution in [-0.2, 0) is 42.9 Å². The van der Waals surface area contributed by atoms with Crippen molar-refractivity contribution in [2.45, 2.75) is 26.7 Å². The van der Waals surface area contributed by atoms with Gasteiger partial charge in [0.15, 0.2) is 0 Å². The fourth-order valence-corrected chi connectivity index (χ4v) is 6.06. The highest BCUT2D eigenvalue weighted by Crippen LogP contribution is 2.27. The molecule has 0 atom stereocenters. The molecule has 1 aromatic carbocycles. The molecule has 0 saturated carbocycles. The number of amides is 1. The highest BCUT2D eigenvalue weighted by atomic mass is 16.6. The molecule has 1 aliphatic heterocycles. The van der Waals surface area contributed by atoms with Crippen LogP contribution in [0.25, 0.3) is 0 Å². The second-order valence-corrected chi connectivity index (χ2v) is 14.1. The summed E-state index contributed by atoms with van der Waals surface area (Å²) in [6, 6.07) is 6.39. The van der Waals surface area contributed by atoms with E-state index in [0.717, 1.165) is 12.2 Å². The number of ether oxygens (including phenoxy) is 5. The Hall–Kier alpha value is -3.66. The largest absolute Gasteiger partial charge is 0.480 e. The third-order valence-corrected chi connectivity index (χ3v) is 9.05. The first-order chi connectivity index (χ1) is 28.0. The molecular formula is C39H69N7O12. The van der Waals surface area contributed by atoms with Gasteiger partial charge in [0.25, 0.3) is 0 Å². The lowest BCUT2D eigenvalue weighted by atomic mass is 10.0. The standard InChI is InChI=1S/C39H69N7O12/c1-4-40-35-6-5-33(27-34(35)32(2)3)41-7-17-54-19-21-56-23-25-58-26-24-57-22-20-55-18-8-42-36(47)28-43-9-11-44(29-37(48)49)13-15-46(31-39(52)53)16-14-45(12-10-43)30-38(50)51/h5-6,27,32,40-41H,4,7-26,28-31H2,1-3H3,(H,42,47)(H,48,49)(H,50,51)(H,52,53). The van der Waals surface area contributed by atoms with Gasteiger partial charge in [0.2, 0.25) is 5.91 Å². The van der Waals surface area contributed by atoms with E-state index < -0.39 is 17.9 Å². The lowest BCUT2D eigenvalue weighted by Gasteiger charge is -2.32. The van der Waals surface area contributed by atoms with Crippen molar-refractivity contribution in [1.29, 1.82) is 0 Å². The second kappa shape index (κ2) is 31.3. The second-order valence-electron chi connectivity index (χ2n) is 14.1. The Labute approximate surface area is 343 Å². The fraction of sp³-hybridized carbons (Fsp3) is 0.744. The molecule has 0 aromatic heterocycles. The van der Waals surface area contributed by atoms with E-state index in [1.165, 1.54) is 11.3 Å². The number of carbonyl (C=O) groups excluding carboxylic acids is 1. The topological polar surface area (TPSA) is 224 Å². The minimum atomic E-state index is -1.02. The zero-order chi connectivity index (χ0) is 42.4. The first-order valence-corrected chi connectivity index (χ1v) is 20.3. The van der Waals surface area contributed by atoms with Crippen LogP contribution in [0.15, 0.2) is 18.2 Å². The van der Waals surface area contributed by atoms with Gasteiger partial charge in [-0.3, -0.25) is 38.8 Å². The van der Waals surface area contributed by atoms with E-state index in [2.05, 4.69) is 54.9 Å². The summed E-state index contributed by atoms with van der Waals surface area (Å²) in [6.07, 6.45) is 0. The van der Waals surface area contributed by atoms with Crippen molar-refractivity contribution in [3.8, 4) is 0 Å². The molecule has 0 bridgehead atoms. The average Bonchev–Trinajstić information content (AvgIpc) is 3.16. The number of rotatable bonds is 30. The Bertz CT molecular complexity index is 1280. The molecule has 332 valence electrons. The molecule has 1 fully saturated rings. The number of aliphatic carboxylic acids is 3. The molecule has 1 aliphatic rings. The monoisotopic (exact) mass is 828 g/mol. The summed E-state index contributed by atoms with van der Waals surface area (Å²) in [4.78, 5) is 54.1. The van der Waals surface area contributed by atoms with Crippen LogP contribution in [0.3, 0.4) is 0 Å². The summed E-state index contributed by atoms with van der Waals surface area (Å²) in [5.74, 6) is -2.83. The van der Waals surface area contributed by atoms with Gasteiger partial charge in [-0.2, -0.15) is 0 Å². The van der Waals surface area contributed by atoms with Gasteiger partial charge in [0.05, 0.1) is 92.2 Å². The lowest BCUT2D eigenvalue weighted by Crippen LogP contribution is -2.50. The number of hydrogen-bond donors (Lipinski definition) is 6. The predicted molar refractivity (Wildman–Crippen MR) is 219 cm³/mol. The van der Waals surface area contributed by atoms with Crippen molar-refractivity contribution in [2.24, 2.45) is 0 Å². The minimum Gasteiger partial charge on any atom is -0.480 e. The van der Waals surface area contributed by atoms with Crippen LogP contribution in [0.4, 0.5) is 11.4 Å². The molecular weight excluding hydrogens is 758 g/mol. The van der Waals surface area contributed by atoms with Crippen LogP contribution in [0.2, 0.25) is 0 Å². The van der Waals surface area contributed by atoms with Crippen LogP contribution in [0.1, 0.15) is 32.3 Å². The lowest BCUT2D eigenvalue weighted by molar-refractivity contribution is -0.140. The smallest absolute Gasteiger partial charge is 0.317 e. The normalized spacial score (nSPS) is 15.4. The van der Waals surface area contributed by atoms with Crippen molar-refractivity contribution < 1.29 is 58.2 Å². The van der Waals surface area contributed by atoms with E-state index in [4.69, 9.17) is 23.7 Å². The van der Waals surface area contributed by atoms with Crippen LogP contribution < -0.4 is 16.0 Å². The van der Waals surface area contributed by atoms with E-state index in [-0.39, 0.29) is 38.6 Å². The maximum absolute atomic E-state index is 12.8. The van der Waals surface area contributed by atoms with Gasteiger partial charge in [-0.25, -0.2) is 0 Å². The maximum atomic E-state index is 12.8. The molecule has 6 N–H and O–H groups in total. The highest BCUT2D eigenvalue weighted by molar-refractivity contribution is 5.78. The number of carboxylic acids is 3. The molecule has 1 saturated heterocycles. The zero-order valence-corrected chi connectivity index (χ0v) is 34.8. The van der Waals surface area contributed by atoms with Gasteiger partial charge in [-0.15, -0.1) is 0 Å². The van der Waals surface area contributed by atoms with Gasteiger partial charge < -0.3 is 55.0 Å². The third kappa shape index (κ3) is 25.0. The quantitative estimate of drug-likeness (QED) is 0.0575. The first-order valence-electron chi connectivity index (χ1n) is 20.3. The Kier molecular flexibility index (Phi) is 27.2. The predicted octanol–water partition coefficient (Wildman–Crippen LogP) is 0.328. The van der Waals surface area contributed by atoms with E-state index >= 15 is 0 Å². The number of nitrogens with one attached hydrogen (secondary N) is 3. The van der Waals surface area contributed by atoms with E-state index in [1.807, 2.05) is 4.90 Å². The van der Waals surface area contributed by atoms with Crippen LogP contribution in [-0.4, -0.2) is 223 Å². The van der Waals surface area contributed by atoms with Gasteiger partial charge in [-0.05, 0) is 36.6 Å². The molecule has 19 nitrogen and oxygen atoms in total. The molecule has 0 unspecified atom stereocenters. The summed E-state index contributed by atoms with van der Waals surface area (Å²) in [5.41, 5.74) is 3.55. The van der Waals surface area contributed by atoms with E-state index in [1.54, 1.807) is 14.7 Å². The molecule has 1 amide bonds. The van der Waals surface area contributed by atoms with Crippen LogP contribution in [0.5, 0.6) is 0 Å². The van der Waals surface area contributed by atoms with Gasteiger partial charge in [0, 0.05) is 83.4 Å². The SMILES string of the molecule is CCNc1ccc(NCCOCCOCCOCCOCCOCCNC(=O)CN2CCN(CC(=O)O)CCN(CC(=O)O)CCN(CC(=O)O)CC2)cc1C(C)C. The van der Waals surface area contributed by atoms with Gasteiger partial charge >= 0.3 is 17.9 Å². The van der Waals surface area contributed by atoms with E-state index in [0.29, 0.717) is 131 Å². The number of carboxylic acid groups (broad SMARTS) is 3. The average molecular weight is 828 g/mol. The van der Waals surface area contributed by atoms with Crippen molar-refractivity contribution in [3.05, 3.63) is 23.8 Å². The summed E-state index contributed by atoms with van der Waals surface area (Å²) in [7, 11) is 0. The first kappa shape index (κ1) is 50.5. The number of benzene rings is 1. The molecule has 0 spiro atoms. The highest BCUT2D eigenvalue weighted by Gasteiger charge is 2.21. The zero-order valence-electron chi connectivity index (χ0n) is 34.8. The number of anilines is 2. The van der Waals surface area contributed by atoms with Crippen LogP contribution in [0, 0.1) is 0 Å². The minimum absolute atomic E-state index is 0.0412. The summed E-state index contributed by atoms with van der Waals surface area (Å²) in [5, 5.41) is 37.8. The summed E-state index contributed by atoms with van der Waals surface area (Å²) in [6.45, 7) is 14.7. The summed E-state index contributed by atoms with van der Waals surface area (Å²) < 4.78 is 27.9. The molecule has 1 aromatic rings. The van der Waals surface area contributed by atoms with Crippen molar-refractivity contribution in [3.63, 3.8) is 0 Å². The Morgan fingerprint density at radius 1 is 0.569 bits per heavy atom.